The molecule has 2 atom stereocenters. The third-order valence-electron chi connectivity index (χ3n) is 2.81. The lowest BCUT2D eigenvalue weighted by Gasteiger charge is -2.26. The molecule has 0 saturated heterocycles. The smallest absolute Gasteiger partial charge is 0.244 e. The van der Waals surface area contributed by atoms with Gasteiger partial charge in [-0.25, -0.2) is 0 Å². The average molecular weight is 348 g/mol. The number of nitrogens with one attached hydrogen (secondary N) is 1. The Morgan fingerprint density at radius 1 is 1.53 bits per heavy atom. The van der Waals surface area contributed by atoms with Crippen molar-refractivity contribution in [3.05, 3.63) is 47.0 Å². The summed E-state index contributed by atoms with van der Waals surface area (Å²) in [6.45, 7) is 7.29. The lowest BCUT2D eigenvalue weighted by atomic mass is 9.92. The van der Waals surface area contributed by atoms with Gasteiger partial charge in [0, 0.05) is 10.5 Å². The Hall–Kier alpha value is -0.840. The second kappa shape index (κ2) is 7.68. The zero-order valence-electron chi connectivity index (χ0n) is 11.2. The minimum atomic E-state index is -1.03. The van der Waals surface area contributed by atoms with Gasteiger partial charge < -0.3 is 11.1 Å². The van der Waals surface area contributed by atoms with Gasteiger partial charge in [-0.2, -0.15) is 0 Å². The first kappa shape index (κ1) is 18.2. The van der Waals surface area contributed by atoms with Gasteiger partial charge in [0.15, 0.2) is 0 Å². The van der Waals surface area contributed by atoms with Gasteiger partial charge in [0.05, 0.1) is 0 Å². The minimum absolute atomic E-state index is 0. The number of hydrogen-bond donors (Lipinski definition) is 2. The Kier molecular flexibility index (Phi) is 7.34. The molecule has 1 amide bonds. The average Bonchev–Trinajstić information content (AvgIpc) is 2.29. The molecule has 106 valence electrons. The summed E-state index contributed by atoms with van der Waals surface area (Å²) >= 11 is 3.36. The van der Waals surface area contributed by atoms with Crippen molar-refractivity contribution in [2.75, 3.05) is 0 Å². The molecule has 0 aliphatic heterocycles. The minimum Gasteiger partial charge on any atom is -0.351 e. The van der Waals surface area contributed by atoms with Crippen molar-refractivity contribution in [1.82, 2.24) is 5.32 Å². The van der Waals surface area contributed by atoms with Crippen molar-refractivity contribution in [1.29, 1.82) is 0 Å². The molecule has 0 aliphatic carbocycles. The second-order valence-corrected chi connectivity index (χ2v) is 5.52. The molecule has 0 spiro atoms. The fraction of sp³-hybridized carbons (Fsp3) is 0.357. The van der Waals surface area contributed by atoms with Crippen molar-refractivity contribution < 1.29 is 4.79 Å². The summed E-state index contributed by atoms with van der Waals surface area (Å²) in [6.07, 6.45) is 2.50. The van der Waals surface area contributed by atoms with Crippen LogP contribution in [0.3, 0.4) is 0 Å². The summed E-state index contributed by atoms with van der Waals surface area (Å²) in [5.41, 5.74) is 5.88. The number of carbonyl (C=O) groups excluding carboxylic acids is 1. The predicted octanol–water partition coefficient (Wildman–Crippen LogP) is 3.13. The highest BCUT2D eigenvalue weighted by atomic mass is 79.9. The molecular formula is C14H20BrClN2O. The van der Waals surface area contributed by atoms with Crippen LogP contribution < -0.4 is 11.1 Å². The first-order valence-corrected chi connectivity index (χ1v) is 6.64. The predicted molar refractivity (Wildman–Crippen MR) is 85.3 cm³/mol. The molecule has 0 bridgehead atoms. The van der Waals surface area contributed by atoms with Gasteiger partial charge in [-0.3, -0.25) is 4.79 Å². The zero-order valence-corrected chi connectivity index (χ0v) is 13.6. The number of hydrogen-bond acceptors (Lipinski definition) is 2. The molecule has 0 saturated carbocycles. The van der Waals surface area contributed by atoms with E-state index in [0.29, 0.717) is 0 Å². The maximum Gasteiger partial charge on any atom is 0.244 e. The Bertz CT molecular complexity index is 432. The molecule has 1 rings (SSSR count). The molecule has 5 heteroatoms. The van der Waals surface area contributed by atoms with Crippen LogP contribution in [0.15, 0.2) is 41.4 Å². The number of amides is 1. The lowest BCUT2D eigenvalue weighted by Crippen LogP contribution is -2.51. The van der Waals surface area contributed by atoms with Crippen LogP contribution in [0.4, 0.5) is 0 Å². The van der Waals surface area contributed by atoms with Gasteiger partial charge in [-0.1, -0.05) is 34.1 Å². The summed E-state index contributed by atoms with van der Waals surface area (Å²) in [7, 11) is 0. The summed E-state index contributed by atoms with van der Waals surface area (Å²) in [5.74, 6) is -0.181. The van der Waals surface area contributed by atoms with E-state index in [1.54, 1.807) is 13.0 Å². The van der Waals surface area contributed by atoms with Crippen LogP contribution >= 0.6 is 28.3 Å². The lowest BCUT2D eigenvalue weighted by molar-refractivity contribution is -0.126. The normalized spacial score (nSPS) is 14.7. The van der Waals surface area contributed by atoms with Crippen LogP contribution in [0.5, 0.6) is 0 Å². The molecule has 1 aromatic rings. The molecule has 2 unspecified atom stereocenters. The zero-order chi connectivity index (χ0) is 13.8. The van der Waals surface area contributed by atoms with E-state index in [1.807, 2.05) is 31.2 Å². The van der Waals surface area contributed by atoms with E-state index in [2.05, 4.69) is 27.8 Å². The van der Waals surface area contributed by atoms with E-state index >= 15 is 0 Å². The van der Waals surface area contributed by atoms with Crippen LogP contribution in [0.2, 0.25) is 0 Å². The van der Waals surface area contributed by atoms with Gasteiger partial charge >= 0.3 is 0 Å². The standard InChI is InChI=1S/C14H19BrN2O.ClH/c1-4-5-10(2)17-13(18)14(3,16)11-6-8-12(15)9-7-11;/h4,6-10H,1,5,16H2,2-3H3,(H,17,18);1H. The third-order valence-corrected chi connectivity index (χ3v) is 3.34. The summed E-state index contributed by atoms with van der Waals surface area (Å²) in [6, 6.07) is 7.49. The summed E-state index contributed by atoms with van der Waals surface area (Å²) in [5, 5.41) is 2.89. The fourth-order valence-corrected chi connectivity index (χ4v) is 1.87. The monoisotopic (exact) mass is 346 g/mol. The van der Waals surface area contributed by atoms with Gasteiger partial charge in [-0.05, 0) is 38.0 Å². The van der Waals surface area contributed by atoms with Gasteiger partial charge in [0.25, 0.3) is 0 Å². The largest absolute Gasteiger partial charge is 0.351 e. The number of benzene rings is 1. The van der Waals surface area contributed by atoms with E-state index in [4.69, 9.17) is 5.73 Å². The maximum atomic E-state index is 12.2. The Morgan fingerprint density at radius 2 is 2.05 bits per heavy atom. The van der Waals surface area contributed by atoms with E-state index in [1.165, 1.54) is 0 Å². The number of nitrogens with two attached hydrogens (primary N) is 1. The van der Waals surface area contributed by atoms with Crippen LogP contribution in [-0.2, 0) is 10.3 Å². The molecule has 19 heavy (non-hydrogen) atoms. The van der Waals surface area contributed by atoms with Gasteiger partial charge in [-0.15, -0.1) is 19.0 Å². The van der Waals surface area contributed by atoms with Crippen molar-refractivity contribution >= 4 is 34.2 Å². The number of carbonyl (C=O) groups is 1. The highest BCUT2D eigenvalue weighted by molar-refractivity contribution is 9.10. The Labute approximate surface area is 129 Å². The van der Waals surface area contributed by atoms with Crippen LogP contribution in [0.25, 0.3) is 0 Å². The van der Waals surface area contributed by atoms with Crippen LogP contribution in [0, 0.1) is 0 Å². The van der Waals surface area contributed by atoms with E-state index in [9.17, 15) is 4.79 Å². The molecule has 0 aromatic heterocycles. The molecule has 1 aromatic carbocycles. The first-order chi connectivity index (χ1) is 8.37. The molecule has 0 radical (unpaired) electrons. The SMILES string of the molecule is C=CCC(C)NC(=O)C(C)(N)c1ccc(Br)cc1.Cl. The van der Waals surface area contributed by atoms with E-state index in [0.717, 1.165) is 16.5 Å². The fourth-order valence-electron chi connectivity index (χ4n) is 1.61. The first-order valence-electron chi connectivity index (χ1n) is 5.84. The maximum absolute atomic E-state index is 12.2. The van der Waals surface area contributed by atoms with Crippen molar-refractivity contribution in [2.45, 2.75) is 31.8 Å². The highest BCUT2D eigenvalue weighted by Crippen LogP contribution is 2.20. The highest BCUT2D eigenvalue weighted by Gasteiger charge is 2.30. The van der Waals surface area contributed by atoms with Crippen molar-refractivity contribution in [2.24, 2.45) is 5.73 Å². The molecule has 0 aliphatic rings. The van der Waals surface area contributed by atoms with E-state index < -0.39 is 5.54 Å². The van der Waals surface area contributed by atoms with Crippen LogP contribution in [0.1, 0.15) is 25.8 Å². The molecule has 3 N–H and O–H groups in total. The van der Waals surface area contributed by atoms with E-state index in [-0.39, 0.29) is 24.4 Å². The Morgan fingerprint density at radius 3 is 2.53 bits per heavy atom. The van der Waals surface area contributed by atoms with Crippen molar-refractivity contribution in [3.63, 3.8) is 0 Å². The Balaban J connectivity index is 0.00000324. The van der Waals surface area contributed by atoms with Gasteiger partial charge in [0.2, 0.25) is 5.91 Å². The topological polar surface area (TPSA) is 55.1 Å². The molecule has 3 nitrogen and oxygen atoms in total. The third kappa shape index (κ3) is 4.97. The second-order valence-electron chi connectivity index (χ2n) is 4.61. The summed E-state index contributed by atoms with van der Waals surface area (Å²) < 4.78 is 0.961. The molecule has 0 fully saturated rings. The summed E-state index contributed by atoms with van der Waals surface area (Å²) in [4.78, 5) is 12.2. The van der Waals surface area contributed by atoms with Gasteiger partial charge in [0.1, 0.15) is 5.54 Å². The van der Waals surface area contributed by atoms with Crippen molar-refractivity contribution in [3.8, 4) is 0 Å². The number of rotatable bonds is 5. The van der Waals surface area contributed by atoms with Crippen LogP contribution in [-0.4, -0.2) is 11.9 Å². The quantitative estimate of drug-likeness (QED) is 0.804. The molecule has 0 heterocycles. The number of halogens is 2. The molecular weight excluding hydrogens is 328 g/mol.